The second-order valence-electron chi connectivity index (χ2n) is 5.05. The van der Waals surface area contributed by atoms with E-state index in [1.807, 2.05) is 25.4 Å². The molecule has 108 valence electrons. The van der Waals surface area contributed by atoms with E-state index in [1.54, 1.807) is 4.68 Å². The molecule has 0 aliphatic carbocycles. The van der Waals surface area contributed by atoms with Gasteiger partial charge in [0, 0.05) is 30.7 Å². The van der Waals surface area contributed by atoms with E-state index in [0.717, 1.165) is 35.7 Å². The van der Waals surface area contributed by atoms with Gasteiger partial charge in [-0.25, -0.2) is 0 Å². The summed E-state index contributed by atoms with van der Waals surface area (Å²) in [5.74, 6) is 0. The maximum absolute atomic E-state index is 6.24. The predicted octanol–water partition coefficient (Wildman–Crippen LogP) is 3.06. The Morgan fingerprint density at radius 3 is 2.85 bits per heavy atom. The molecule has 0 aliphatic heterocycles. The Kier molecular flexibility index (Phi) is 5.15. The van der Waals surface area contributed by atoms with Gasteiger partial charge in [0.2, 0.25) is 0 Å². The van der Waals surface area contributed by atoms with Crippen LogP contribution < -0.4 is 5.32 Å². The lowest BCUT2D eigenvalue weighted by atomic mass is 9.97. The Balaban J connectivity index is 2.24. The van der Waals surface area contributed by atoms with Crippen LogP contribution in [-0.4, -0.2) is 21.5 Å². The summed E-state index contributed by atoms with van der Waals surface area (Å²) in [7, 11) is 1.88. The number of aryl methyl sites for hydroxylation is 1. The second-order valence-corrected chi connectivity index (χ2v) is 5.46. The third-order valence-electron chi connectivity index (χ3n) is 3.39. The zero-order chi connectivity index (χ0) is 14.5. The monoisotopic (exact) mass is 292 g/mol. The number of rotatable bonds is 6. The highest BCUT2D eigenvalue weighted by Crippen LogP contribution is 2.26. The summed E-state index contributed by atoms with van der Waals surface area (Å²) in [6, 6.07) is 6.28. The highest BCUT2D eigenvalue weighted by molar-refractivity contribution is 6.31. The molecule has 1 heterocycles. The lowest BCUT2D eigenvalue weighted by Gasteiger charge is -2.20. The maximum Gasteiger partial charge on any atom is 0.0845 e. The van der Waals surface area contributed by atoms with Gasteiger partial charge >= 0.3 is 0 Å². The van der Waals surface area contributed by atoms with Gasteiger partial charge in [0.25, 0.3) is 0 Å². The molecule has 0 fully saturated rings. The average Bonchev–Trinajstić information content (AvgIpc) is 2.83. The summed E-state index contributed by atoms with van der Waals surface area (Å²) >= 11 is 6.24. The third kappa shape index (κ3) is 3.58. The maximum atomic E-state index is 6.24. The van der Waals surface area contributed by atoms with E-state index >= 15 is 0 Å². The fraction of sp³-hybridized carbons (Fsp3) is 0.467. The molecule has 2 rings (SSSR count). The molecule has 2 aromatic rings. The van der Waals surface area contributed by atoms with Crippen LogP contribution >= 0.6 is 11.6 Å². The Hall–Kier alpha value is -1.39. The van der Waals surface area contributed by atoms with Crippen LogP contribution in [0, 0.1) is 6.92 Å². The summed E-state index contributed by atoms with van der Waals surface area (Å²) < 4.78 is 1.73. The van der Waals surface area contributed by atoms with Crippen molar-refractivity contribution in [2.45, 2.75) is 32.7 Å². The Labute approximate surface area is 125 Å². The smallest absolute Gasteiger partial charge is 0.0845 e. The van der Waals surface area contributed by atoms with Gasteiger partial charge in [-0.05, 0) is 37.1 Å². The number of hydrogen-bond donors (Lipinski definition) is 1. The van der Waals surface area contributed by atoms with E-state index in [9.17, 15) is 0 Å². The van der Waals surface area contributed by atoms with E-state index in [1.165, 1.54) is 5.56 Å². The van der Waals surface area contributed by atoms with Crippen molar-refractivity contribution in [3.63, 3.8) is 0 Å². The molecular weight excluding hydrogens is 272 g/mol. The van der Waals surface area contributed by atoms with Crippen molar-refractivity contribution >= 4 is 11.6 Å². The molecule has 0 saturated heterocycles. The normalized spacial score (nSPS) is 12.6. The molecule has 1 aromatic heterocycles. The molecule has 20 heavy (non-hydrogen) atoms. The first kappa shape index (κ1) is 15.0. The Morgan fingerprint density at radius 1 is 1.40 bits per heavy atom. The molecule has 0 aliphatic rings. The number of benzene rings is 1. The highest BCUT2D eigenvalue weighted by atomic mass is 35.5. The van der Waals surface area contributed by atoms with E-state index in [2.05, 4.69) is 35.5 Å². The van der Waals surface area contributed by atoms with Crippen molar-refractivity contribution in [2.75, 3.05) is 6.54 Å². The van der Waals surface area contributed by atoms with Gasteiger partial charge in [0.05, 0.1) is 5.69 Å². The molecule has 0 saturated carbocycles. The van der Waals surface area contributed by atoms with Crippen molar-refractivity contribution in [1.82, 2.24) is 20.3 Å². The van der Waals surface area contributed by atoms with Crippen molar-refractivity contribution in [3.8, 4) is 0 Å². The SMILES string of the molecule is CCCNC(Cc1cn(C)nn1)c1cccc(Cl)c1C. The molecule has 4 nitrogen and oxygen atoms in total. The van der Waals surface area contributed by atoms with Crippen molar-refractivity contribution < 1.29 is 0 Å². The minimum Gasteiger partial charge on any atom is -0.310 e. The second kappa shape index (κ2) is 6.86. The van der Waals surface area contributed by atoms with Gasteiger partial charge in [-0.1, -0.05) is 35.9 Å². The number of halogens is 1. The molecule has 1 N–H and O–H groups in total. The molecule has 1 atom stereocenters. The third-order valence-corrected chi connectivity index (χ3v) is 3.80. The number of nitrogens with zero attached hydrogens (tertiary/aromatic N) is 3. The minimum absolute atomic E-state index is 0.213. The van der Waals surface area contributed by atoms with Crippen LogP contribution in [-0.2, 0) is 13.5 Å². The van der Waals surface area contributed by atoms with Crippen LogP contribution in [0.5, 0.6) is 0 Å². The summed E-state index contributed by atoms with van der Waals surface area (Å²) in [6.45, 7) is 5.20. The van der Waals surface area contributed by atoms with Crippen LogP contribution in [0.2, 0.25) is 5.02 Å². The molecule has 0 amide bonds. The van der Waals surface area contributed by atoms with Crippen LogP contribution in [0.25, 0.3) is 0 Å². The number of aromatic nitrogens is 3. The zero-order valence-electron chi connectivity index (χ0n) is 12.2. The van der Waals surface area contributed by atoms with Crippen molar-refractivity contribution in [3.05, 3.63) is 46.2 Å². The topological polar surface area (TPSA) is 42.7 Å². The molecule has 1 aromatic carbocycles. The van der Waals surface area contributed by atoms with Crippen LogP contribution in [0.1, 0.15) is 36.2 Å². The summed E-state index contributed by atoms with van der Waals surface area (Å²) in [6.07, 6.45) is 3.87. The van der Waals surface area contributed by atoms with Gasteiger partial charge in [0.1, 0.15) is 0 Å². The summed E-state index contributed by atoms with van der Waals surface area (Å²) in [5.41, 5.74) is 3.35. The first-order valence-electron chi connectivity index (χ1n) is 6.95. The van der Waals surface area contributed by atoms with E-state index in [0.29, 0.717) is 0 Å². The predicted molar refractivity (Wildman–Crippen MR) is 81.9 cm³/mol. The van der Waals surface area contributed by atoms with Gasteiger partial charge in [-0.2, -0.15) is 0 Å². The Bertz CT molecular complexity index is 565. The first-order chi connectivity index (χ1) is 9.61. The number of nitrogens with one attached hydrogen (secondary N) is 1. The zero-order valence-corrected chi connectivity index (χ0v) is 13.0. The van der Waals surface area contributed by atoms with E-state index in [4.69, 9.17) is 11.6 Å². The molecule has 0 bridgehead atoms. The molecule has 0 spiro atoms. The summed E-state index contributed by atoms with van der Waals surface area (Å²) in [5, 5.41) is 12.6. The summed E-state index contributed by atoms with van der Waals surface area (Å²) in [4.78, 5) is 0. The fourth-order valence-corrected chi connectivity index (χ4v) is 2.49. The van der Waals surface area contributed by atoms with Crippen molar-refractivity contribution in [2.24, 2.45) is 7.05 Å². The molecule has 0 radical (unpaired) electrons. The first-order valence-corrected chi connectivity index (χ1v) is 7.33. The van der Waals surface area contributed by atoms with Gasteiger partial charge < -0.3 is 5.32 Å². The van der Waals surface area contributed by atoms with Crippen LogP contribution in [0.15, 0.2) is 24.4 Å². The number of hydrogen-bond acceptors (Lipinski definition) is 3. The Morgan fingerprint density at radius 2 is 2.20 bits per heavy atom. The van der Waals surface area contributed by atoms with Gasteiger partial charge in [0.15, 0.2) is 0 Å². The van der Waals surface area contributed by atoms with Crippen LogP contribution in [0.3, 0.4) is 0 Å². The lowest BCUT2D eigenvalue weighted by Crippen LogP contribution is -2.25. The van der Waals surface area contributed by atoms with E-state index in [-0.39, 0.29) is 6.04 Å². The highest BCUT2D eigenvalue weighted by Gasteiger charge is 2.16. The molecule has 1 unspecified atom stereocenters. The van der Waals surface area contributed by atoms with E-state index < -0.39 is 0 Å². The van der Waals surface area contributed by atoms with Crippen molar-refractivity contribution in [1.29, 1.82) is 0 Å². The standard InChI is InChI=1S/C15H21ClN4/c1-4-8-17-15(9-12-10-20(3)19-18-12)13-6-5-7-14(16)11(13)2/h5-7,10,15,17H,4,8-9H2,1-3H3. The fourth-order valence-electron chi connectivity index (χ4n) is 2.31. The van der Waals surface area contributed by atoms with Crippen LogP contribution in [0.4, 0.5) is 0 Å². The molecule has 5 heteroatoms. The minimum atomic E-state index is 0.213. The average molecular weight is 293 g/mol. The largest absolute Gasteiger partial charge is 0.310 e. The quantitative estimate of drug-likeness (QED) is 0.890. The molecular formula is C15H21ClN4. The van der Waals surface area contributed by atoms with Gasteiger partial charge in [-0.3, -0.25) is 4.68 Å². The van der Waals surface area contributed by atoms with Gasteiger partial charge in [-0.15, -0.1) is 5.10 Å². The lowest BCUT2D eigenvalue weighted by molar-refractivity contribution is 0.522.